The molecule has 0 aliphatic carbocycles. The molecule has 0 aromatic carbocycles. The highest BCUT2D eigenvalue weighted by Crippen LogP contribution is 2.07. The van der Waals surface area contributed by atoms with Crippen molar-refractivity contribution in [1.82, 2.24) is 9.97 Å². The zero-order chi connectivity index (χ0) is 8.43. The summed E-state index contributed by atoms with van der Waals surface area (Å²) < 4.78 is 0.403. The van der Waals surface area contributed by atoms with Gasteiger partial charge in [-0.25, -0.2) is 14.8 Å². The van der Waals surface area contributed by atoms with Gasteiger partial charge in [-0.1, -0.05) is 0 Å². The van der Waals surface area contributed by atoms with Crippen molar-refractivity contribution in [1.29, 1.82) is 0 Å². The molecule has 4 nitrogen and oxygen atoms in total. The number of hydrogen-bond donors (Lipinski definition) is 1. The number of halogens is 1. The molecule has 1 N–H and O–H groups in total. The van der Waals surface area contributed by atoms with Gasteiger partial charge in [0, 0.05) is 6.20 Å². The van der Waals surface area contributed by atoms with Crippen LogP contribution in [0.2, 0.25) is 0 Å². The number of carboxylic acids is 1. The van der Waals surface area contributed by atoms with Gasteiger partial charge in [-0.3, -0.25) is 0 Å². The Morgan fingerprint density at radius 3 is 2.82 bits per heavy atom. The molecule has 1 aromatic rings. The highest BCUT2D eigenvalue weighted by molar-refractivity contribution is 9.10. The van der Waals surface area contributed by atoms with Gasteiger partial charge < -0.3 is 5.11 Å². The van der Waals surface area contributed by atoms with Gasteiger partial charge in [0.25, 0.3) is 0 Å². The van der Waals surface area contributed by atoms with Crippen molar-refractivity contribution in [3.8, 4) is 0 Å². The Bertz CT molecular complexity index is 301. The predicted molar refractivity (Wildman–Crippen MR) is 41.4 cm³/mol. The van der Waals surface area contributed by atoms with Gasteiger partial charge in [-0.05, 0) is 22.9 Å². The van der Waals surface area contributed by atoms with E-state index in [9.17, 15) is 4.79 Å². The van der Waals surface area contributed by atoms with Crippen molar-refractivity contribution < 1.29 is 9.90 Å². The van der Waals surface area contributed by atoms with E-state index in [1.807, 2.05) is 0 Å². The molecule has 0 fully saturated rings. The topological polar surface area (TPSA) is 63.1 Å². The van der Waals surface area contributed by atoms with Crippen LogP contribution in [-0.4, -0.2) is 21.0 Å². The van der Waals surface area contributed by atoms with Crippen molar-refractivity contribution in [2.75, 3.05) is 0 Å². The van der Waals surface area contributed by atoms with E-state index in [4.69, 9.17) is 5.11 Å². The summed E-state index contributed by atoms with van der Waals surface area (Å²) in [5.41, 5.74) is 0.590. The quantitative estimate of drug-likeness (QED) is 0.719. The molecule has 0 saturated carbocycles. The minimum absolute atomic E-state index is 0.133. The van der Waals surface area contributed by atoms with Crippen LogP contribution < -0.4 is 0 Å². The standard InChI is InChI=1S/C6H5BrN2O2/c1-3-4(5(10)11)2-8-6(7)9-3/h2H,1H3,(H,10,11). The van der Waals surface area contributed by atoms with E-state index >= 15 is 0 Å². The van der Waals surface area contributed by atoms with E-state index in [-0.39, 0.29) is 5.56 Å². The third-order valence-electron chi connectivity index (χ3n) is 1.18. The van der Waals surface area contributed by atoms with Gasteiger partial charge in [-0.15, -0.1) is 0 Å². The van der Waals surface area contributed by atoms with Crippen LogP contribution >= 0.6 is 15.9 Å². The van der Waals surface area contributed by atoms with Crippen molar-refractivity contribution in [2.24, 2.45) is 0 Å². The second-order valence-electron chi connectivity index (χ2n) is 1.94. The van der Waals surface area contributed by atoms with E-state index < -0.39 is 5.97 Å². The molecule has 5 heteroatoms. The van der Waals surface area contributed by atoms with Crippen molar-refractivity contribution in [3.63, 3.8) is 0 Å². The SMILES string of the molecule is Cc1nc(Br)ncc1C(=O)O. The number of hydrogen-bond acceptors (Lipinski definition) is 3. The molecule has 1 aromatic heterocycles. The summed E-state index contributed by atoms with van der Waals surface area (Å²) in [7, 11) is 0. The predicted octanol–water partition coefficient (Wildman–Crippen LogP) is 1.25. The molecule has 1 rings (SSSR count). The Morgan fingerprint density at radius 2 is 2.36 bits per heavy atom. The van der Waals surface area contributed by atoms with Crippen molar-refractivity contribution >= 4 is 21.9 Å². The largest absolute Gasteiger partial charge is 0.478 e. The zero-order valence-corrected chi connectivity index (χ0v) is 7.29. The van der Waals surface area contributed by atoms with E-state index in [1.54, 1.807) is 6.92 Å². The summed E-state index contributed by atoms with van der Waals surface area (Å²) in [6.45, 7) is 1.62. The lowest BCUT2D eigenvalue weighted by molar-refractivity contribution is 0.0695. The maximum absolute atomic E-state index is 10.4. The van der Waals surface area contributed by atoms with Crippen LogP contribution in [0.25, 0.3) is 0 Å². The number of aromatic carboxylic acids is 1. The highest BCUT2D eigenvalue weighted by Gasteiger charge is 2.07. The molecule has 0 aliphatic heterocycles. The average molecular weight is 217 g/mol. The fourth-order valence-electron chi connectivity index (χ4n) is 0.649. The van der Waals surface area contributed by atoms with Crippen LogP contribution in [0, 0.1) is 6.92 Å². The van der Waals surface area contributed by atoms with Crippen LogP contribution in [0.15, 0.2) is 10.9 Å². The monoisotopic (exact) mass is 216 g/mol. The van der Waals surface area contributed by atoms with E-state index in [0.717, 1.165) is 0 Å². The lowest BCUT2D eigenvalue weighted by Crippen LogP contribution is -2.02. The summed E-state index contributed by atoms with van der Waals surface area (Å²) in [5.74, 6) is -1.00. The maximum Gasteiger partial charge on any atom is 0.339 e. The average Bonchev–Trinajstić information content (AvgIpc) is 1.85. The third kappa shape index (κ3) is 1.74. The Hall–Kier alpha value is -0.970. The summed E-state index contributed by atoms with van der Waals surface area (Å²) in [6, 6.07) is 0. The summed E-state index contributed by atoms with van der Waals surface area (Å²) >= 11 is 3.03. The molecular formula is C6H5BrN2O2. The number of rotatable bonds is 1. The minimum Gasteiger partial charge on any atom is -0.478 e. The number of aryl methyl sites for hydroxylation is 1. The Balaban J connectivity index is 3.20. The molecule has 0 unspecified atom stereocenters. The Kier molecular flexibility index (Phi) is 2.19. The molecule has 58 valence electrons. The first-order chi connectivity index (χ1) is 5.11. The molecule has 0 amide bonds. The van der Waals surface area contributed by atoms with Crippen molar-refractivity contribution in [3.05, 3.63) is 22.2 Å². The van der Waals surface area contributed by atoms with E-state index in [1.165, 1.54) is 6.20 Å². The summed E-state index contributed by atoms with van der Waals surface area (Å²) in [6.07, 6.45) is 1.27. The molecule has 0 spiro atoms. The first-order valence-electron chi connectivity index (χ1n) is 2.83. The lowest BCUT2D eigenvalue weighted by Gasteiger charge is -1.97. The molecule has 0 saturated heterocycles. The highest BCUT2D eigenvalue weighted by atomic mass is 79.9. The first-order valence-corrected chi connectivity index (χ1v) is 3.63. The number of carboxylic acid groups (broad SMARTS) is 1. The smallest absolute Gasteiger partial charge is 0.339 e. The normalized spacial score (nSPS) is 9.64. The summed E-state index contributed by atoms with van der Waals surface area (Å²) in [5, 5.41) is 8.56. The molecular weight excluding hydrogens is 212 g/mol. The third-order valence-corrected chi connectivity index (χ3v) is 1.56. The first kappa shape index (κ1) is 8.13. The summed E-state index contributed by atoms with van der Waals surface area (Å²) in [4.78, 5) is 17.9. The Labute approximate surface area is 71.4 Å². The fraction of sp³-hybridized carbons (Fsp3) is 0.167. The number of aromatic nitrogens is 2. The van der Waals surface area contributed by atoms with Crippen molar-refractivity contribution in [2.45, 2.75) is 6.92 Å². The van der Waals surface area contributed by atoms with Gasteiger partial charge in [-0.2, -0.15) is 0 Å². The molecule has 11 heavy (non-hydrogen) atoms. The fourth-order valence-corrected chi connectivity index (χ4v) is 1.02. The molecule has 0 aliphatic rings. The van der Waals surface area contributed by atoms with Gasteiger partial charge in [0.1, 0.15) is 0 Å². The van der Waals surface area contributed by atoms with Gasteiger partial charge >= 0.3 is 5.97 Å². The number of carbonyl (C=O) groups is 1. The zero-order valence-electron chi connectivity index (χ0n) is 5.71. The second-order valence-corrected chi connectivity index (χ2v) is 2.65. The van der Waals surface area contributed by atoms with Crippen LogP contribution in [0.4, 0.5) is 0 Å². The molecule has 0 bridgehead atoms. The van der Waals surface area contributed by atoms with Gasteiger partial charge in [0.15, 0.2) is 4.73 Å². The minimum atomic E-state index is -1.00. The van der Waals surface area contributed by atoms with E-state index in [0.29, 0.717) is 10.4 Å². The molecule has 0 atom stereocenters. The Morgan fingerprint density at radius 1 is 1.73 bits per heavy atom. The van der Waals surface area contributed by atoms with Crippen LogP contribution in [0.1, 0.15) is 16.1 Å². The van der Waals surface area contributed by atoms with Crippen LogP contribution in [0.5, 0.6) is 0 Å². The second kappa shape index (κ2) is 2.96. The maximum atomic E-state index is 10.4. The van der Waals surface area contributed by atoms with Crippen LogP contribution in [-0.2, 0) is 0 Å². The number of nitrogens with zero attached hydrogens (tertiary/aromatic N) is 2. The van der Waals surface area contributed by atoms with Crippen LogP contribution in [0.3, 0.4) is 0 Å². The molecule has 0 radical (unpaired) electrons. The molecule has 1 heterocycles. The van der Waals surface area contributed by atoms with Gasteiger partial charge in [0.2, 0.25) is 0 Å². The lowest BCUT2D eigenvalue weighted by atomic mass is 10.2. The van der Waals surface area contributed by atoms with E-state index in [2.05, 4.69) is 25.9 Å². The van der Waals surface area contributed by atoms with Gasteiger partial charge in [0.05, 0.1) is 11.3 Å².